The van der Waals surface area contributed by atoms with Gasteiger partial charge in [0.05, 0.1) is 34.2 Å². The molecule has 14 heteroatoms. The molecule has 0 radical (unpaired) electrons. The van der Waals surface area contributed by atoms with E-state index in [0.29, 0.717) is 39.7 Å². The predicted octanol–water partition coefficient (Wildman–Crippen LogP) is 5.97. The van der Waals surface area contributed by atoms with Gasteiger partial charge in [0, 0.05) is 36.4 Å². The molecule has 2 heterocycles. The van der Waals surface area contributed by atoms with Gasteiger partial charge in [-0.05, 0) is 50.5 Å². The monoisotopic (exact) mass is 647 g/mol. The highest BCUT2D eigenvalue weighted by Crippen LogP contribution is 2.35. The number of hydrogen-bond donors (Lipinski definition) is 2. The predicted molar refractivity (Wildman–Crippen MR) is 159 cm³/mol. The number of ether oxygens (including phenoxy) is 1. The van der Waals surface area contributed by atoms with Gasteiger partial charge in [0.1, 0.15) is 6.04 Å². The number of nitrogens with two attached hydrogens (primary N) is 1. The minimum absolute atomic E-state index is 0.0171. The topological polar surface area (TPSA) is 138 Å². The lowest BCUT2D eigenvalue weighted by atomic mass is 9.84. The Morgan fingerprint density at radius 1 is 1.26 bits per heavy atom. The lowest BCUT2D eigenvalue weighted by Crippen LogP contribution is -2.35. The summed E-state index contributed by atoms with van der Waals surface area (Å²) in [7, 11) is 0. The van der Waals surface area contributed by atoms with Gasteiger partial charge >= 0.3 is 12.1 Å². The van der Waals surface area contributed by atoms with Crippen molar-refractivity contribution in [1.82, 2.24) is 15.2 Å². The molecule has 2 unspecified atom stereocenters. The van der Waals surface area contributed by atoms with E-state index in [1.807, 2.05) is 38.7 Å². The highest BCUT2D eigenvalue weighted by Gasteiger charge is 2.38. The van der Waals surface area contributed by atoms with Gasteiger partial charge in [-0.15, -0.1) is 0 Å². The zero-order valence-corrected chi connectivity index (χ0v) is 26.7. The fourth-order valence-electron chi connectivity index (χ4n) is 4.20. The summed E-state index contributed by atoms with van der Waals surface area (Å²) in [4.78, 5) is 37.8. The maximum absolute atomic E-state index is 12.2. The van der Waals surface area contributed by atoms with Gasteiger partial charge in [-0.25, -0.2) is 0 Å². The van der Waals surface area contributed by atoms with E-state index < -0.39 is 18.1 Å². The highest BCUT2D eigenvalue weighted by atomic mass is 35.5. The zero-order valence-electron chi connectivity index (χ0n) is 25.2. The van der Waals surface area contributed by atoms with E-state index >= 15 is 0 Å². The normalized spacial score (nSPS) is 17.4. The van der Waals surface area contributed by atoms with Crippen LogP contribution < -0.4 is 11.1 Å². The molecule has 3 amide bonds. The van der Waals surface area contributed by atoms with E-state index in [1.165, 1.54) is 6.20 Å². The van der Waals surface area contributed by atoms with Gasteiger partial charge < -0.3 is 20.7 Å². The standard InChI is InChI=1S/C15H29NO2.C12H7Cl2N3O.C2H2F3NO/c1-11-9-16(10-15(11,6)7)13(17)8-12(2)18-14(3,4)5;13-10-2-1-7-8(11(3-15)17-6-18)4-16-5-9(7)12(10)14;3-2(4,5)1(6)7/h11-12H,8-10H2,1-7H3;1-2,4-6,11H,(H,17,18);(H2,6,7)/t11?,12-;;/m1../s1. The van der Waals surface area contributed by atoms with Crippen molar-refractivity contribution in [3.8, 4) is 6.07 Å². The van der Waals surface area contributed by atoms with Crippen LogP contribution >= 0.6 is 23.2 Å². The number of carbonyl (C=O) groups is 3. The van der Waals surface area contributed by atoms with E-state index in [0.717, 1.165) is 18.5 Å². The van der Waals surface area contributed by atoms with Crippen molar-refractivity contribution in [3.05, 3.63) is 40.1 Å². The highest BCUT2D eigenvalue weighted by molar-refractivity contribution is 6.45. The van der Waals surface area contributed by atoms with Crippen molar-refractivity contribution in [1.29, 1.82) is 5.26 Å². The summed E-state index contributed by atoms with van der Waals surface area (Å²) < 4.78 is 37.9. The lowest BCUT2D eigenvalue weighted by Gasteiger charge is -2.26. The molecule has 43 heavy (non-hydrogen) atoms. The minimum Gasteiger partial charge on any atom is -0.372 e. The van der Waals surface area contributed by atoms with Crippen LogP contribution in [0.5, 0.6) is 0 Å². The first-order valence-electron chi connectivity index (χ1n) is 13.3. The molecule has 1 aromatic heterocycles. The summed E-state index contributed by atoms with van der Waals surface area (Å²) >= 11 is 12.0. The number of pyridine rings is 1. The van der Waals surface area contributed by atoms with Crippen LogP contribution in [-0.2, 0) is 19.1 Å². The maximum atomic E-state index is 12.2. The molecule has 1 aromatic carbocycles. The Bertz CT molecular complexity index is 1330. The number of rotatable bonds is 6. The number of primary amides is 1. The van der Waals surface area contributed by atoms with E-state index in [4.69, 9.17) is 38.0 Å². The van der Waals surface area contributed by atoms with Gasteiger partial charge in [-0.3, -0.25) is 19.4 Å². The Hall–Kier alpha value is -3.14. The average molecular weight is 649 g/mol. The van der Waals surface area contributed by atoms with Crippen LogP contribution in [0.1, 0.15) is 66.5 Å². The first-order chi connectivity index (χ1) is 19.6. The van der Waals surface area contributed by atoms with E-state index in [2.05, 4.69) is 36.8 Å². The van der Waals surface area contributed by atoms with Crippen molar-refractivity contribution in [3.63, 3.8) is 0 Å². The molecule has 1 saturated heterocycles. The van der Waals surface area contributed by atoms with Crippen molar-refractivity contribution >= 4 is 52.2 Å². The summed E-state index contributed by atoms with van der Waals surface area (Å²) in [6.07, 6.45) is -0.819. The molecular formula is C29H38Cl2F3N5O4. The number of nitrogens with one attached hydrogen (secondary N) is 1. The summed E-state index contributed by atoms with van der Waals surface area (Å²) in [5.74, 6) is -1.46. The Morgan fingerprint density at radius 2 is 1.84 bits per heavy atom. The molecular weight excluding hydrogens is 610 g/mol. The van der Waals surface area contributed by atoms with Crippen molar-refractivity contribution in [2.45, 2.75) is 78.8 Å². The van der Waals surface area contributed by atoms with Crippen molar-refractivity contribution in [2.24, 2.45) is 17.1 Å². The number of likely N-dealkylation sites (tertiary alicyclic amines) is 1. The van der Waals surface area contributed by atoms with Gasteiger partial charge in [0.15, 0.2) is 0 Å². The van der Waals surface area contributed by atoms with Gasteiger partial charge in [0.2, 0.25) is 12.3 Å². The quantitative estimate of drug-likeness (QED) is 0.370. The maximum Gasteiger partial charge on any atom is 0.470 e. The number of aromatic nitrogens is 1. The molecule has 0 aliphatic carbocycles. The number of carbonyl (C=O) groups excluding carboxylic acids is 3. The third-order valence-electron chi connectivity index (χ3n) is 6.61. The summed E-state index contributed by atoms with van der Waals surface area (Å²) in [6, 6.07) is 4.61. The number of halogens is 5. The molecule has 3 N–H and O–H groups in total. The number of nitrogens with zero attached hydrogens (tertiary/aromatic N) is 3. The largest absolute Gasteiger partial charge is 0.470 e. The van der Waals surface area contributed by atoms with Crippen LogP contribution in [0.2, 0.25) is 10.0 Å². The van der Waals surface area contributed by atoms with Gasteiger partial charge in [0.25, 0.3) is 0 Å². The molecule has 1 fully saturated rings. The van der Waals surface area contributed by atoms with Crippen LogP contribution in [0.15, 0.2) is 24.5 Å². The molecule has 0 bridgehead atoms. The van der Waals surface area contributed by atoms with Gasteiger partial charge in [-0.2, -0.15) is 18.4 Å². The molecule has 9 nitrogen and oxygen atoms in total. The third kappa shape index (κ3) is 11.8. The molecule has 1 aliphatic heterocycles. The van der Waals surface area contributed by atoms with E-state index in [-0.39, 0.29) is 23.0 Å². The Morgan fingerprint density at radius 3 is 2.28 bits per heavy atom. The fraction of sp³-hybridized carbons (Fsp3) is 0.552. The van der Waals surface area contributed by atoms with Crippen LogP contribution in [-0.4, -0.2) is 59.1 Å². The number of hydrogen-bond acceptors (Lipinski definition) is 6. The molecule has 1 aliphatic rings. The van der Waals surface area contributed by atoms with Crippen LogP contribution in [0, 0.1) is 22.7 Å². The van der Waals surface area contributed by atoms with Gasteiger partial charge in [-0.1, -0.05) is 50.0 Å². The zero-order chi connectivity index (χ0) is 33.3. The third-order valence-corrected chi connectivity index (χ3v) is 7.43. The molecule has 3 atom stereocenters. The smallest absolute Gasteiger partial charge is 0.372 e. The number of alkyl halides is 3. The Labute approximate surface area is 259 Å². The number of amides is 3. The second-order valence-electron chi connectivity index (χ2n) is 11.8. The van der Waals surface area contributed by atoms with Crippen LogP contribution in [0.3, 0.4) is 0 Å². The summed E-state index contributed by atoms with van der Waals surface area (Å²) in [5, 5.41) is 13.6. The fourth-order valence-corrected chi connectivity index (χ4v) is 4.58. The number of benzene rings is 1. The molecule has 3 rings (SSSR count). The summed E-state index contributed by atoms with van der Waals surface area (Å²) in [6.45, 7) is 16.5. The minimum atomic E-state index is -4.86. The van der Waals surface area contributed by atoms with Crippen LogP contribution in [0.25, 0.3) is 10.8 Å². The van der Waals surface area contributed by atoms with Crippen molar-refractivity contribution < 1.29 is 32.3 Å². The molecule has 2 aromatic rings. The SMILES string of the molecule is CC1CN(C(=O)C[C@@H](C)OC(C)(C)C)CC1(C)C.N#CC(NC=O)c1cncc2c(Cl)c(Cl)ccc12.NC(=O)C(F)(F)F. The lowest BCUT2D eigenvalue weighted by molar-refractivity contribution is -0.169. The second-order valence-corrected chi connectivity index (χ2v) is 12.6. The molecule has 238 valence electrons. The average Bonchev–Trinajstić information content (AvgIpc) is 3.15. The number of fused-ring (bicyclic) bond motifs is 1. The Kier molecular flexibility index (Phi) is 13.7. The first kappa shape index (κ1) is 37.9. The first-order valence-corrected chi connectivity index (χ1v) is 14.0. The Balaban J connectivity index is 0.000000354. The van der Waals surface area contributed by atoms with Crippen LogP contribution in [0.4, 0.5) is 13.2 Å². The van der Waals surface area contributed by atoms with E-state index in [1.54, 1.807) is 18.3 Å². The number of nitriles is 1. The van der Waals surface area contributed by atoms with E-state index in [9.17, 15) is 22.8 Å². The summed E-state index contributed by atoms with van der Waals surface area (Å²) in [5.41, 5.74) is 4.45. The van der Waals surface area contributed by atoms with Crippen molar-refractivity contribution in [2.75, 3.05) is 13.1 Å². The second kappa shape index (κ2) is 15.5. The molecule has 0 spiro atoms. The molecule has 0 saturated carbocycles.